The summed E-state index contributed by atoms with van der Waals surface area (Å²) in [6.07, 6.45) is 0.659. The molecule has 88 valence electrons. The molecule has 0 radical (unpaired) electrons. The van der Waals surface area contributed by atoms with E-state index in [4.69, 9.17) is 4.18 Å². The molecule has 1 aliphatic rings. The third-order valence-corrected chi connectivity index (χ3v) is 4.97. The molecular weight excluding hydrogens is 244 g/mol. The van der Waals surface area contributed by atoms with E-state index < -0.39 is 10.1 Å². The molecule has 16 heavy (non-hydrogen) atoms. The van der Waals surface area contributed by atoms with Gasteiger partial charge in [-0.25, -0.2) is 0 Å². The van der Waals surface area contributed by atoms with Crippen LogP contribution in [-0.2, 0) is 14.3 Å². The van der Waals surface area contributed by atoms with Crippen LogP contribution in [0, 0.1) is 6.92 Å². The van der Waals surface area contributed by atoms with Crippen molar-refractivity contribution in [1.82, 2.24) is 0 Å². The molecule has 1 aromatic carbocycles. The first kappa shape index (κ1) is 12.0. The minimum absolute atomic E-state index is 0.156. The number of rotatable bonds is 3. The molecule has 1 unspecified atom stereocenters. The lowest BCUT2D eigenvalue weighted by Gasteiger charge is -2.10. The van der Waals surface area contributed by atoms with Crippen molar-refractivity contribution in [2.24, 2.45) is 0 Å². The average molecular weight is 258 g/mol. The van der Waals surface area contributed by atoms with Gasteiger partial charge in [-0.2, -0.15) is 20.2 Å². The summed E-state index contributed by atoms with van der Waals surface area (Å²) < 4.78 is 28.9. The Labute approximate surface area is 100 Å². The summed E-state index contributed by atoms with van der Waals surface area (Å²) in [6.45, 7) is 1.92. The maximum absolute atomic E-state index is 11.9. The number of thioether (sulfide) groups is 1. The molecule has 1 fully saturated rings. The highest BCUT2D eigenvalue weighted by Gasteiger charge is 2.24. The molecule has 3 nitrogen and oxygen atoms in total. The highest BCUT2D eigenvalue weighted by Crippen LogP contribution is 2.24. The van der Waals surface area contributed by atoms with Crippen LogP contribution in [0.15, 0.2) is 29.2 Å². The predicted octanol–water partition coefficient (Wildman–Crippen LogP) is 2.21. The minimum atomic E-state index is -3.57. The number of benzene rings is 1. The summed E-state index contributed by atoms with van der Waals surface area (Å²) in [4.78, 5) is 0.245. The van der Waals surface area contributed by atoms with Crippen LogP contribution in [0.2, 0.25) is 0 Å². The molecule has 1 saturated heterocycles. The lowest BCUT2D eigenvalue weighted by atomic mass is 10.2. The van der Waals surface area contributed by atoms with Gasteiger partial charge in [-0.1, -0.05) is 17.7 Å². The van der Waals surface area contributed by atoms with Crippen LogP contribution in [0.1, 0.15) is 12.0 Å². The predicted molar refractivity (Wildman–Crippen MR) is 65.2 cm³/mol. The van der Waals surface area contributed by atoms with Crippen molar-refractivity contribution in [3.63, 3.8) is 0 Å². The van der Waals surface area contributed by atoms with Gasteiger partial charge in [0.05, 0.1) is 11.0 Å². The van der Waals surface area contributed by atoms with Crippen molar-refractivity contribution in [3.05, 3.63) is 29.8 Å². The lowest BCUT2D eigenvalue weighted by Crippen LogP contribution is -2.17. The smallest absolute Gasteiger partial charge is 0.262 e. The molecule has 0 spiro atoms. The molecular formula is C11H14O3S2. The molecule has 0 N–H and O–H groups in total. The maximum atomic E-state index is 11.9. The van der Waals surface area contributed by atoms with E-state index in [1.165, 1.54) is 0 Å². The summed E-state index contributed by atoms with van der Waals surface area (Å²) in [6, 6.07) is 6.73. The highest BCUT2D eigenvalue weighted by atomic mass is 32.2. The molecule has 0 aromatic heterocycles. The summed E-state index contributed by atoms with van der Waals surface area (Å²) in [7, 11) is -3.57. The van der Waals surface area contributed by atoms with Gasteiger partial charge in [0.1, 0.15) is 0 Å². The van der Waals surface area contributed by atoms with E-state index >= 15 is 0 Å². The Morgan fingerprint density at radius 1 is 1.31 bits per heavy atom. The van der Waals surface area contributed by atoms with Gasteiger partial charge in [0.15, 0.2) is 0 Å². The molecule has 1 heterocycles. The third-order valence-electron chi connectivity index (χ3n) is 2.46. The van der Waals surface area contributed by atoms with Gasteiger partial charge in [-0.3, -0.25) is 4.18 Å². The monoisotopic (exact) mass is 258 g/mol. The average Bonchev–Trinajstić information content (AvgIpc) is 2.70. The van der Waals surface area contributed by atoms with Gasteiger partial charge >= 0.3 is 0 Å². The van der Waals surface area contributed by atoms with E-state index in [2.05, 4.69) is 0 Å². The topological polar surface area (TPSA) is 43.4 Å². The Morgan fingerprint density at radius 3 is 2.56 bits per heavy atom. The number of aryl methyl sites for hydroxylation is 1. The first-order chi connectivity index (χ1) is 7.58. The van der Waals surface area contributed by atoms with Crippen LogP contribution < -0.4 is 0 Å². The van der Waals surface area contributed by atoms with E-state index in [0.29, 0.717) is 0 Å². The zero-order valence-corrected chi connectivity index (χ0v) is 10.7. The lowest BCUT2D eigenvalue weighted by molar-refractivity contribution is 0.236. The zero-order chi connectivity index (χ0) is 11.6. The Bertz CT molecular complexity index is 445. The van der Waals surface area contributed by atoms with Crippen LogP contribution in [0.3, 0.4) is 0 Å². The largest absolute Gasteiger partial charge is 0.297 e. The standard InChI is InChI=1S/C11H14O3S2/c1-9-2-4-11(5-3-9)16(12,13)14-10-6-7-15-8-10/h2-5,10H,6-8H2,1H3. The van der Waals surface area contributed by atoms with Crippen LogP contribution in [-0.4, -0.2) is 26.0 Å². The fourth-order valence-corrected chi connectivity index (χ4v) is 3.81. The molecule has 0 aliphatic carbocycles. The molecule has 1 aliphatic heterocycles. The fraction of sp³-hybridized carbons (Fsp3) is 0.455. The Morgan fingerprint density at radius 2 is 2.00 bits per heavy atom. The van der Waals surface area contributed by atoms with Crippen molar-refractivity contribution in [2.75, 3.05) is 11.5 Å². The van der Waals surface area contributed by atoms with E-state index in [0.717, 1.165) is 23.5 Å². The maximum Gasteiger partial charge on any atom is 0.297 e. The van der Waals surface area contributed by atoms with Gasteiger partial charge in [0.2, 0.25) is 0 Å². The Hall–Kier alpha value is -0.520. The van der Waals surface area contributed by atoms with Crippen molar-refractivity contribution in [2.45, 2.75) is 24.3 Å². The molecule has 0 amide bonds. The Kier molecular flexibility index (Phi) is 3.56. The summed E-state index contributed by atoms with van der Waals surface area (Å²) >= 11 is 1.73. The second-order valence-corrected chi connectivity index (χ2v) is 6.57. The van der Waals surface area contributed by atoms with E-state index in [-0.39, 0.29) is 11.0 Å². The van der Waals surface area contributed by atoms with E-state index in [1.807, 2.05) is 6.92 Å². The van der Waals surface area contributed by atoms with E-state index in [1.54, 1.807) is 36.0 Å². The van der Waals surface area contributed by atoms with Crippen LogP contribution >= 0.6 is 11.8 Å². The van der Waals surface area contributed by atoms with Gasteiger partial charge < -0.3 is 0 Å². The van der Waals surface area contributed by atoms with Gasteiger partial charge in [-0.05, 0) is 31.2 Å². The SMILES string of the molecule is Cc1ccc(S(=O)(=O)OC2CCSC2)cc1. The van der Waals surface area contributed by atoms with Crippen molar-refractivity contribution >= 4 is 21.9 Å². The first-order valence-electron chi connectivity index (χ1n) is 5.16. The van der Waals surface area contributed by atoms with Crippen LogP contribution in [0.4, 0.5) is 0 Å². The van der Waals surface area contributed by atoms with Gasteiger partial charge in [0, 0.05) is 5.75 Å². The van der Waals surface area contributed by atoms with E-state index in [9.17, 15) is 8.42 Å². The first-order valence-corrected chi connectivity index (χ1v) is 7.72. The molecule has 2 rings (SSSR count). The zero-order valence-electron chi connectivity index (χ0n) is 9.05. The number of hydrogen-bond donors (Lipinski definition) is 0. The number of hydrogen-bond acceptors (Lipinski definition) is 4. The molecule has 0 saturated carbocycles. The fourth-order valence-electron chi connectivity index (χ4n) is 1.53. The Balaban J connectivity index is 2.14. The second kappa shape index (κ2) is 4.77. The molecule has 5 heteroatoms. The van der Waals surface area contributed by atoms with Crippen LogP contribution in [0.25, 0.3) is 0 Å². The second-order valence-electron chi connectivity index (χ2n) is 3.85. The quantitative estimate of drug-likeness (QED) is 0.780. The van der Waals surface area contributed by atoms with Crippen molar-refractivity contribution in [3.8, 4) is 0 Å². The summed E-state index contributed by atoms with van der Waals surface area (Å²) in [5, 5.41) is 0. The summed E-state index contributed by atoms with van der Waals surface area (Å²) in [5.74, 6) is 1.75. The molecule has 0 bridgehead atoms. The summed E-state index contributed by atoms with van der Waals surface area (Å²) in [5.41, 5.74) is 1.04. The van der Waals surface area contributed by atoms with Crippen molar-refractivity contribution < 1.29 is 12.6 Å². The van der Waals surface area contributed by atoms with Crippen molar-refractivity contribution in [1.29, 1.82) is 0 Å². The normalized spacial score (nSPS) is 21.2. The third kappa shape index (κ3) is 2.78. The highest BCUT2D eigenvalue weighted by molar-refractivity contribution is 7.99. The molecule has 1 atom stereocenters. The van der Waals surface area contributed by atoms with Crippen LogP contribution in [0.5, 0.6) is 0 Å². The van der Waals surface area contributed by atoms with Gasteiger partial charge in [-0.15, -0.1) is 0 Å². The van der Waals surface area contributed by atoms with Gasteiger partial charge in [0.25, 0.3) is 10.1 Å². The molecule has 1 aromatic rings. The minimum Gasteiger partial charge on any atom is -0.262 e.